The number of amides is 1. The molecular weight excluding hydrogens is 300 g/mol. The third-order valence-corrected chi connectivity index (χ3v) is 5.16. The van der Waals surface area contributed by atoms with Crippen molar-refractivity contribution in [3.8, 4) is 0 Å². The van der Waals surface area contributed by atoms with Crippen LogP contribution in [0.25, 0.3) is 10.9 Å². The minimum Gasteiger partial charge on any atom is -0.368 e. The highest BCUT2D eigenvalue weighted by atomic mass is 16.5. The molecule has 1 fully saturated rings. The highest BCUT2D eigenvalue weighted by Crippen LogP contribution is 2.30. The highest BCUT2D eigenvalue weighted by molar-refractivity contribution is 5.89. The number of aromatic nitrogens is 1. The van der Waals surface area contributed by atoms with E-state index < -0.39 is 0 Å². The van der Waals surface area contributed by atoms with E-state index in [9.17, 15) is 4.79 Å². The molecule has 128 valence electrons. The summed E-state index contributed by atoms with van der Waals surface area (Å²) in [4.78, 5) is 14.8. The van der Waals surface area contributed by atoms with Crippen LogP contribution in [0.15, 0.2) is 24.4 Å². The normalized spacial score (nSPS) is 20.8. The second kappa shape index (κ2) is 6.25. The average Bonchev–Trinajstić information content (AvgIpc) is 3.15. The van der Waals surface area contributed by atoms with Crippen molar-refractivity contribution in [3.63, 3.8) is 0 Å². The molecule has 4 rings (SSSR count). The minimum absolute atomic E-state index is 0.171. The first-order chi connectivity index (χ1) is 11.6. The smallest absolute Gasteiger partial charge is 0.252 e. The van der Waals surface area contributed by atoms with E-state index in [0.717, 1.165) is 39.0 Å². The first-order valence-corrected chi connectivity index (χ1v) is 9.13. The third-order valence-electron chi connectivity index (χ3n) is 5.16. The lowest BCUT2D eigenvalue weighted by Gasteiger charge is -2.24. The van der Waals surface area contributed by atoms with Crippen molar-refractivity contribution >= 4 is 16.8 Å². The molecule has 4 heteroatoms. The summed E-state index contributed by atoms with van der Waals surface area (Å²) in [7, 11) is 0. The number of rotatable bonds is 3. The lowest BCUT2D eigenvalue weighted by atomic mass is 10.1. The molecule has 0 spiro atoms. The zero-order valence-corrected chi connectivity index (χ0v) is 14.6. The topological polar surface area (TPSA) is 34.5 Å². The van der Waals surface area contributed by atoms with E-state index in [1.54, 1.807) is 0 Å². The maximum Gasteiger partial charge on any atom is 0.252 e. The van der Waals surface area contributed by atoms with Crippen molar-refractivity contribution in [2.75, 3.05) is 13.2 Å². The largest absolute Gasteiger partial charge is 0.368 e. The van der Waals surface area contributed by atoms with E-state index in [1.165, 1.54) is 22.0 Å². The Morgan fingerprint density at radius 3 is 2.96 bits per heavy atom. The average molecular weight is 326 g/mol. The molecule has 1 atom stereocenters. The fourth-order valence-electron chi connectivity index (χ4n) is 4.09. The maximum absolute atomic E-state index is 12.8. The summed E-state index contributed by atoms with van der Waals surface area (Å²) in [6.07, 6.45) is 4.88. The van der Waals surface area contributed by atoms with E-state index in [-0.39, 0.29) is 12.0 Å². The van der Waals surface area contributed by atoms with Crippen LogP contribution in [0, 0.1) is 5.92 Å². The Bertz CT molecular complexity index is 756. The molecule has 2 aliphatic rings. The molecule has 0 bridgehead atoms. The van der Waals surface area contributed by atoms with Crippen LogP contribution in [0.2, 0.25) is 0 Å². The summed E-state index contributed by atoms with van der Waals surface area (Å²) >= 11 is 0. The van der Waals surface area contributed by atoms with Crippen molar-refractivity contribution in [3.05, 3.63) is 35.5 Å². The van der Waals surface area contributed by atoms with Crippen molar-refractivity contribution in [2.45, 2.75) is 52.3 Å². The standard InChI is InChI=1S/C20H26N2O2/c1-14(2)11-22-13-16-8-9-21(20(23)18-7-4-10-24-18)12-15-5-3-6-17(22)19(15)16/h3,5-6,13-14,18H,4,7-12H2,1-2H3. The van der Waals surface area contributed by atoms with Gasteiger partial charge in [0.05, 0.1) is 0 Å². The Labute approximate surface area is 143 Å². The van der Waals surface area contributed by atoms with Gasteiger partial charge in [-0.1, -0.05) is 26.0 Å². The summed E-state index contributed by atoms with van der Waals surface area (Å²) in [6.45, 7) is 7.76. The first kappa shape index (κ1) is 15.7. The van der Waals surface area contributed by atoms with E-state index in [2.05, 4.69) is 42.8 Å². The van der Waals surface area contributed by atoms with Crippen LogP contribution in [0.5, 0.6) is 0 Å². The summed E-state index contributed by atoms with van der Waals surface area (Å²) in [5.41, 5.74) is 3.96. The number of hydrogen-bond donors (Lipinski definition) is 0. The quantitative estimate of drug-likeness (QED) is 0.867. The van der Waals surface area contributed by atoms with Crippen LogP contribution in [0.3, 0.4) is 0 Å². The van der Waals surface area contributed by atoms with Crippen molar-refractivity contribution in [2.24, 2.45) is 5.92 Å². The zero-order chi connectivity index (χ0) is 16.7. The van der Waals surface area contributed by atoms with Crippen LogP contribution in [0.4, 0.5) is 0 Å². The molecule has 2 aromatic rings. The number of carbonyl (C=O) groups is 1. The second-order valence-corrected chi connectivity index (χ2v) is 7.52. The molecule has 1 aromatic heterocycles. The lowest BCUT2D eigenvalue weighted by Crippen LogP contribution is -2.39. The monoisotopic (exact) mass is 326 g/mol. The molecule has 0 N–H and O–H groups in total. The van der Waals surface area contributed by atoms with Gasteiger partial charge in [-0.3, -0.25) is 4.79 Å². The van der Waals surface area contributed by atoms with Crippen molar-refractivity contribution < 1.29 is 9.53 Å². The Balaban J connectivity index is 1.66. The Morgan fingerprint density at radius 2 is 2.21 bits per heavy atom. The van der Waals surface area contributed by atoms with Gasteiger partial charge in [0, 0.05) is 43.3 Å². The van der Waals surface area contributed by atoms with Crippen LogP contribution in [-0.4, -0.2) is 34.6 Å². The lowest BCUT2D eigenvalue weighted by molar-refractivity contribution is -0.141. The van der Waals surface area contributed by atoms with Gasteiger partial charge < -0.3 is 14.2 Å². The van der Waals surface area contributed by atoms with Crippen LogP contribution in [-0.2, 0) is 29.0 Å². The zero-order valence-electron chi connectivity index (χ0n) is 14.6. The molecule has 1 amide bonds. The number of carbonyl (C=O) groups excluding carboxylic acids is 1. The molecule has 1 aromatic carbocycles. The van der Waals surface area contributed by atoms with Gasteiger partial charge in [-0.05, 0) is 42.4 Å². The van der Waals surface area contributed by atoms with Crippen LogP contribution < -0.4 is 0 Å². The molecule has 0 radical (unpaired) electrons. The SMILES string of the molecule is CC(C)Cn1cc2c3c(cccc31)CN(C(=O)C1CCCO1)CC2. The van der Waals surface area contributed by atoms with Crippen molar-refractivity contribution in [1.29, 1.82) is 0 Å². The molecule has 24 heavy (non-hydrogen) atoms. The Hall–Kier alpha value is -1.81. The van der Waals surface area contributed by atoms with Gasteiger partial charge in [0.25, 0.3) is 5.91 Å². The fraction of sp³-hybridized carbons (Fsp3) is 0.550. The summed E-state index contributed by atoms with van der Waals surface area (Å²) < 4.78 is 7.99. The van der Waals surface area contributed by atoms with Gasteiger partial charge in [0.1, 0.15) is 6.10 Å². The predicted molar refractivity (Wildman–Crippen MR) is 94.9 cm³/mol. The van der Waals surface area contributed by atoms with E-state index in [0.29, 0.717) is 12.5 Å². The minimum atomic E-state index is -0.220. The molecular formula is C20H26N2O2. The summed E-state index contributed by atoms with van der Waals surface area (Å²) in [6, 6.07) is 6.51. The molecule has 0 aliphatic carbocycles. The number of benzene rings is 1. The van der Waals surface area contributed by atoms with Crippen molar-refractivity contribution in [1.82, 2.24) is 9.47 Å². The molecule has 1 unspecified atom stereocenters. The molecule has 3 heterocycles. The fourth-order valence-corrected chi connectivity index (χ4v) is 4.09. The number of ether oxygens (including phenoxy) is 1. The Kier molecular flexibility index (Phi) is 4.09. The van der Waals surface area contributed by atoms with Gasteiger partial charge in [-0.15, -0.1) is 0 Å². The summed E-state index contributed by atoms with van der Waals surface area (Å²) in [5.74, 6) is 0.794. The summed E-state index contributed by atoms with van der Waals surface area (Å²) in [5, 5.41) is 1.36. The van der Waals surface area contributed by atoms with Crippen LogP contribution in [0.1, 0.15) is 37.8 Å². The Morgan fingerprint density at radius 1 is 1.33 bits per heavy atom. The van der Waals surface area contributed by atoms with Gasteiger partial charge in [-0.25, -0.2) is 0 Å². The highest BCUT2D eigenvalue weighted by Gasteiger charge is 2.30. The maximum atomic E-state index is 12.8. The molecule has 0 saturated carbocycles. The van der Waals surface area contributed by atoms with Crippen LogP contribution >= 0.6 is 0 Å². The van der Waals surface area contributed by atoms with E-state index in [4.69, 9.17) is 4.74 Å². The van der Waals surface area contributed by atoms with E-state index >= 15 is 0 Å². The number of nitrogens with zero attached hydrogens (tertiary/aromatic N) is 2. The number of hydrogen-bond acceptors (Lipinski definition) is 2. The second-order valence-electron chi connectivity index (χ2n) is 7.52. The molecule has 1 saturated heterocycles. The molecule has 4 nitrogen and oxygen atoms in total. The van der Waals surface area contributed by atoms with Gasteiger partial charge >= 0.3 is 0 Å². The first-order valence-electron chi connectivity index (χ1n) is 9.13. The van der Waals surface area contributed by atoms with Gasteiger partial charge in [-0.2, -0.15) is 0 Å². The third kappa shape index (κ3) is 2.73. The predicted octanol–water partition coefficient (Wildman–Crippen LogP) is 3.36. The van der Waals surface area contributed by atoms with Gasteiger partial charge in [0.2, 0.25) is 0 Å². The van der Waals surface area contributed by atoms with E-state index in [1.807, 2.05) is 4.90 Å². The molecule has 2 aliphatic heterocycles. The van der Waals surface area contributed by atoms with Gasteiger partial charge in [0.15, 0.2) is 0 Å².